The number of aromatic nitrogens is 3. The Bertz CT molecular complexity index is 825. The van der Waals surface area contributed by atoms with E-state index in [9.17, 15) is 0 Å². The van der Waals surface area contributed by atoms with E-state index in [0.717, 1.165) is 42.9 Å². The third-order valence-electron chi connectivity index (χ3n) is 4.14. The first kappa shape index (κ1) is 13.3. The van der Waals surface area contributed by atoms with Gasteiger partial charge in [-0.15, -0.1) is 0 Å². The Balaban J connectivity index is 1.70. The van der Waals surface area contributed by atoms with E-state index in [1.165, 1.54) is 10.9 Å². The molecule has 3 aromatic rings. The lowest BCUT2D eigenvalue weighted by molar-refractivity contribution is 0.452. The zero-order valence-corrected chi connectivity index (χ0v) is 12.5. The van der Waals surface area contributed by atoms with Crippen LogP contribution in [-0.4, -0.2) is 21.1 Å². The first-order valence-electron chi connectivity index (χ1n) is 7.58. The molecule has 1 aromatic carbocycles. The fourth-order valence-electron chi connectivity index (χ4n) is 2.94. The molecule has 0 aliphatic carbocycles. The number of benzene rings is 1. The van der Waals surface area contributed by atoms with E-state index in [4.69, 9.17) is 4.74 Å². The SMILES string of the molecule is Cn1ccc2cc(Oc3ncnc4c3CNCCC4)ccc21. The molecule has 3 heterocycles. The Hall–Kier alpha value is -2.40. The van der Waals surface area contributed by atoms with Gasteiger partial charge < -0.3 is 14.6 Å². The Morgan fingerprint density at radius 2 is 2.18 bits per heavy atom. The highest BCUT2D eigenvalue weighted by Gasteiger charge is 2.15. The summed E-state index contributed by atoms with van der Waals surface area (Å²) in [5.41, 5.74) is 3.36. The van der Waals surface area contributed by atoms with E-state index >= 15 is 0 Å². The van der Waals surface area contributed by atoms with Gasteiger partial charge in [-0.3, -0.25) is 0 Å². The Morgan fingerprint density at radius 1 is 1.23 bits per heavy atom. The molecular formula is C17H18N4O. The van der Waals surface area contributed by atoms with Crippen molar-refractivity contribution >= 4 is 10.9 Å². The summed E-state index contributed by atoms with van der Waals surface area (Å²) in [6.45, 7) is 1.77. The molecule has 0 amide bonds. The number of aryl methyl sites for hydroxylation is 2. The Morgan fingerprint density at radius 3 is 3.14 bits per heavy atom. The summed E-state index contributed by atoms with van der Waals surface area (Å²) in [6, 6.07) is 8.20. The summed E-state index contributed by atoms with van der Waals surface area (Å²) in [6.07, 6.45) is 5.72. The summed E-state index contributed by atoms with van der Waals surface area (Å²) in [4.78, 5) is 8.74. The van der Waals surface area contributed by atoms with Gasteiger partial charge in [0.15, 0.2) is 0 Å². The normalized spacial score (nSPS) is 14.6. The molecule has 2 aromatic heterocycles. The number of nitrogens with one attached hydrogen (secondary N) is 1. The molecule has 0 spiro atoms. The minimum Gasteiger partial charge on any atom is -0.439 e. The lowest BCUT2D eigenvalue weighted by atomic mass is 10.1. The molecule has 0 saturated carbocycles. The van der Waals surface area contributed by atoms with E-state index in [-0.39, 0.29) is 0 Å². The van der Waals surface area contributed by atoms with Gasteiger partial charge in [-0.2, -0.15) is 0 Å². The van der Waals surface area contributed by atoms with Crippen LogP contribution in [0.3, 0.4) is 0 Å². The van der Waals surface area contributed by atoms with Crippen LogP contribution in [0.5, 0.6) is 11.6 Å². The maximum atomic E-state index is 6.05. The van der Waals surface area contributed by atoms with Crippen molar-refractivity contribution in [2.75, 3.05) is 6.54 Å². The number of rotatable bonds is 2. The standard InChI is InChI=1S/C17H18N4O/c1-21-8-6-12-9-13(4-5-16(12)21)22-17-14-10-18-7-2-3-15(14)19-11-20-17/h4-6,8-9,11,18H,2-3,7,10H2,1H3. The predicted octanol–water partition coefficient (Wildman–Crippen LogP) is 2.80. The molecule has 0 bridgehead atoms. The molecule has 0 radical (unpaired) electrons. The molecule has 4 rings (SSSR count). The maximum absolute atomic E-state index is 6.05. The van der Waals surface area contributed by atoms with Gasteiger partial charge in [0.05, 0.1) is 11.3 Å². The third-order valence-corrected chi connectivity index (χ3v) is 4.14. The van der Waals surface area contributed by atoms with Crippen molar-refractivity contribution in [3.63, 3.8) is 0 Å². The number of ether oxygens (including phenoxy) is 1. The fourth-order valence-corrected chi connectivity index (χ4v) is 2.94. The zero-order chi connectivity index (χ0) is 14.9. The molecule has 1 aliphatic rings. The van der Waals surface area contributed by atoms with E-state index < -0.39 is 0 Å². The third kappa shape index (κ3) is 2.33. The van der Waals surface area contributed by atoms with Gasteiger partial charge in [-0.25, -0.2) is 9.97 Å². The molecule has 5 heteroatoms. The van der Waals surface area contributed by atoms with Crippen molar-refractivity contribution < 1.29 is 4.74 Å². The molecule has 5 nitrogen and oxygen atoms in total. The number of hydrogen-bond donors (Lipinski definition) is 1. The fraction of sp³-hybridized carbons (Fsp3) is 0.294. The van der Waals surface area contributed by atoms with Gasteiger partial charge in [0.25, 0.3) is 0 Å². The average Bonchev–Trinajstić information content (AvgIpc) is 2.75. The monoisotopic (exact) mass is 294 g/mol. The summed E-state index contributed by atoms with van der Waals surface area (Å²) in [7, 11) is 2.04. The molecule has 22 heavy (non-hydrogen) atoms. The van der Waals surface area contributed by atoms with Crippen LogP contribution in [0.1, 0.15) is 17.7 Å². The van der Waals surface area contributed by atoms with E-state index in [1.807, 2.05) is 19.2 Å². The second kappa shape index (κ2) is 5.42. The van der Waals surface area contributed by atoms with Crippen molar-refractivity contribution in [2.45, 2.75) is 19.4 Å². The van der Waals surface area contributed by atoms with Crippen molar-refractivity contribution in [3.05, 3.63) is 48.0 Å². The number of fused-ring (bicyclic) bond motifs is 2. The minimum absolute atomic E-state index is 0.662. The molecule has 0 atom stereocenters. The number of nitrogens with zero attached hydrogens (tertiary/aromatic N) is 3. The van der Waals surface area contributed by atoms with Crippen LogP contribution in [0.15, 0.2) is 36.8 Å². The molecule has 112 valence electrons. The highest BCUT2D eigenvalue weighted by molar-refractivity contribution is 5.81. The van der Waals surface area contributed by atoms with Gasteiger partial charge in [-0.05, 0) is 43.7 Å². The van der Waals surface area contributed by atoms with E-state index in [0.29, 0.717) is 5.88 Å². The van der Waals surface area contributed by atoms with Crippen molar-refractivity contribution in [1.29, 1.82) is 0 Å². The highest BCUT2D eigenvalue weighted by atomic mass is 16.5. The summed E-state index contributed by atoms with van der Waals surface area (Å²) >= 11 is 0. The van der Waals surface area contributed by atoms with Crippen molar-refractivity contribution in [2.24, 2.45) is 7.05 Å². The smallest absolute Gasteiger partial charge is 0.227 e. The molecule has 1 aliphatic heterocycles. The summed E-state index contributed by atoms with van der Waals surface area (Å²) < 4.78 is 8.15. The van der Waals surface area contributed by atoms with Crippen LogP contribution in [0.25, 0.3) is 10.9 Å². The van der Waals surface area contributed by atoms with Crippen LogP contribution < -0.4 is 10.1 Å². The molecule has 0 fully saturated rings. The largest absolute Gasteiger partial charge is 0.439 e. The topological polar surface area (TPSA) is 52.0 Å². The van der Waals surface area contributed by atoms with Crippen LogP contribution in [-0.2, 0) is 20.0 Å². The van der Waals surface area contributed by atoms with Crippen LogP contribution in [0.2, 0.25) is 0 Å². The Labute approximate surface area is 129 Å². The average molecular weight is 294 g/mol. The first-order valence-corrected chi connectivity index (χ1v) is 7.58. The molecule has 1 N–H and O–H groups in total. The summed E-state index contributed by atoms with van der Waals surface area (Å²) in [5, 5.41) is 4.56. The lowest BCUT2D eigenvalue weighted by Crippen LogP contribution is -2.13. The van der Waals surface area contributed by atoms with Gasteiger partial charge in [0.2, 0.25) is 5.88 Å². The van der Waals surface area contributed by atoms with E-state index in [1.54, 1.807) is 6.33 Å². The second-order valence-corrected chi connectivity index (χ2v) is 5.63. The zero-order valence-electron chi connectivity index (χ0n) is 12.5. The molecular weight excluding hydrogens is 276 g/mol. The van der Waals surface area contributed by atoms with Gasteiger partial charge in [-0.1, -0.05) is 0 Å². The van der Waals surface area contributed by atoms with Crippen LogP contribution in [0, 0.1) is 0 Å². The Kier molecular flexibility index (Phi) is 3.27. The highest BCUT2D eigenvalue weighted by Crippen LogP contribution is 2.28. The maximum Gasteiger partial charge on any atom is 0.227 e. The van der Waals surface area contributed by atoms with Gasteiger partial charge in [0.1, 0.15) is 12.1 Å². The first-order chi connectivity index (χ1) is 10.8. The van der Waals surface area contributed by atoms with Crippen molar-refractivity contribution in [3.8, 4) is 11.6 Å². The quantitative estimate of drug-likeness (QED) is 0.789. The molecule has 0 unspecified atom stereocenters. The predicted molar refractivity (Wildman–Crippen MR) is 85.1 cm³/mol. The number of hydrogen-bond acceptors (Lipinski definition) is 4. The van der Waals surface area contributed by atoms with E-state index in [2.05, 4.69) is 38.2 Å². The van der Waals surface area contributed by atoms with Gasteiger partial charge >= 0.3 is 0 Å². The minimum atomic E-state index is 0.662. The van der Waals surface area contributed by atoms with Gasteiger partial charge in [0, 0.05) is 30.7 Å². The molecule has 0 saturated heterocycles. The van der Waals surface area contributed by atoms with Crippen LogP contribution >= 0.6 is 0 Å². The second-order valence-electron chi connectivity index (χ2n) is 5.63. The summed E-state index contributed by atoms with van der Waals surface area (Å²) in [5.74, 6) is 1.47. The lowest BCUT2D eigenvalue weighted by Gasteiger charge is -2.11. The van der Waals surface area contributed by atoms with Crippen molar-refractivity contribution in [1.82, 2.24) is 19.9 Å². The van der Waals surface area contributed by atoms with Crippen LogP contribution in [0.4, 0.5) is 0 Å².